The van der Waals surface area contributed by atoms with Crippen LogP contribution in [0.2, 0.25) is 0 Å². The van der Waals surface area contributed by atoms with Crippen LogP contribution in [0.1, 0.15) is 44.6 Å². The molecule has 0 aliphatic heterocycles. The van der Waals surface area contributed by atoms with Crippen molar-refractivity contribution in [2.75, 3.05) is 6.61 Å². The third-order valence-electron chi connectivity index (χ3n) is 2.93. The van der Waals surface area contributed by atoms with E-state index in [1.807, 2.05) is 24.3 Å². The SMILES string of the molecule is CCCOc1ccc(CNC(=O)CCCCC(=O)O)cc1. The second kappa shape index (κ2) is 9.80. The maximum absolute atomic E-state index is 11.6. The zero-order chi connectivity index (χ0) is 15.5. The van der Waals surface area contributed by atoms with Crippen molar-refractivity contribution < 1.29 is 19.4 Å². The van der Waals surface area contributed by atoms with E-state index in [0.717, 1.165) is 17.7 Å². The first-order valence-corrected chi connectivity index (χ1v) is 7.32. The van der Waals surface area contributed by atoms with E-state index < -0.39 is 5.97 Å². The molecule has 116 valence electrons. The van der Waals surface area contributed by atoms with Crippen LogP contribution in [-0.2, 0) is 16.1 Å². The molecule has 0 heterocycles. The van der Waals surface area contributed by atoms with Crippen LogP contribution in [0.15, 0.2) is 24.3 Å². The third kappa shape index (κ3) is 7.97. The van der Waals surface area contributed by atoms with Crippen LogP contribution < -0.4 is 10.1 Å². The van der Waals surface area contributed by atoms with Gasteiger partial charge < -0.3 is 15.2 Å². The van der Waals surface area contributed by atoms with Crippen LogP contribution in [0, 0.1) is 0 Å². The van der Waals surface area contributed by atoms with Crippen molar-refractivity contribution in [2.24, 2.45) is 0 Å². The molecular weight excluding hydrogens is 270 g/mol. The average Bonchev–Trinajstić information content (AvgIpc) is 2.48. The van der Waals surface area contributed by atoms with Crippen LogP contribution in [0.5, 0.6) is 5.75 Å². The van der Waals surface area contributed by atoms with E-state index in [-0.39, 0.29) is 12.3 Å². The van der Waals surface area contributed by atoms with Gasteiger partial charge in [0.1, 0.15) is 5.75 Å². The third-order valence-corrected chi connectivity index (χ3v) is 2.93. The van der Waals surface area contributed by atoms with Crippen molar-refractivity contribution in [2.45, 2.75) is 45.6 Å². The largest absolute Gasteiger partial charge is 0.494 e. The second-order valence-corrected chi connectivity index (χ2v) is 4.87. The van der Waals surface area contributed by atoms with Crippen molar-refractivity contribution in [3.8, 4) is 5.75 Å². The van der Waals surface area contributed by atoms with E-state index in [4.69, 9.17) is 9.84 Å². The topological polar surface area (TPSA) is 75.6 Å². The van der Waals surface area contributed by atoms with Gasteiger partial charge in [0.15, 0.2) is 0 Å². The summed E-state index contributed by atoms with van der Waals surface area (Å²) in [5.74, 6) is -0.0342. The lowest BCUT2D eigenvalue weighted by atomic mass is 10.2. The Balaban J connectivity index is 2.21. The fourth-order valence-corrected chi connectivity index (χ4v) is 1.77. The summed E-state index contributed by atoms with van der Waals surface area (Å²) in [6.07, 6.45) is 2.59. The molecule has 1 rings (SSSR count). The Morgan fingerprint density at radius 2 is 1.81 bits per heavy atom. The zero-order valence-electron chi connectivity index (χ0n) is 12.4. The van der Waals surface area contributed by atoms with Gasteiger partial charge in [0.05, 0.1) is 6.61 Å². The lowest BCUT2D eigenvalue weighted by molar-refractivity contribution is -0.137. The Morgan fingerprint density at radius 3 is 2.43 bits per heavy atom. The number of carbonyl (C=O) groups excluding carboxylic acids is 1. The van der Waals surface area contributed by atoms with Crippen molar-refractivity contribution in [1.29, 1.82) is 0 Å². The predicted molar refractivity (Wildman–Crippen MR) is 80.2 cm³/mol. The highest BCUT2D eigenvalue weighted by Gasteiger charge is 2.03. The summed E-state index contributed by atoms with van der Waals surface area (Å²) >= 11 is 0. The number of amides is 1. The molecule has 0 saturated carbocycles. The number of carboxylic acid groups (broad SMARTS) is 1. The summed E-state index contributed by atoms with van der Waals surface area (Å²) in [6.45, 7) is 3.23. The number of carboxylic acids is 1. The van der Waals surface area contributed by atoms with Gasteiger partial charge in [-0.3, -0.25) is 9.59 Å². The first kappa shape index (κ1) is 17.0. The summed E-state index contributed by atoms with van der Waals surface area (Å²) in [6, 6.07) is 7.64. The highest BCUT2D eigenvalue weighted by molar-refractivity contribution is 5.75. The van der Waals surface area contributed by atoms with Crippen molar-refractivity contribution >= 4 is 11.9 Å². The van der Waals surface area contributed by atoms with Gasteiger partial charge in [-0.15, -0.1) is 0 Å². The summed E-state index contributed by atoms with van der Waals surface area (Å²) in [5, 5.41) is 11.3. The van der Waals surface area contributed by atoms with Gasteiger partial charge >= 0.3 is 5.97 Å². The lowest BCUT2D eigenvalue weighted by Crippen LogP contribution is -2.22. The van der Waals surface area contributed by atoms with Gasteiger partial charge in [-0.25, -0.2) is 0 Å². The Kier molecular flexibility index (Phi) is 7.94. The van der Waals surface area contributed by atoms with Crippen molar-refractivity contribution in [3.05, 3.63) is 29.8 Å². The molecular formula is C16H23NO4. The molecule has 0 saturated heterocycles. The fraction of sp³-hybridized carbons (Fsp3) is 0.500. The van der Waals surface area contributed by atoms with Crippen LogP contribution in [0.4, 0.5) is 0 Å². The number of carbonyl (C=O) groups is 2. The number of ether oxygens (including phenoxy) is 1. The number of hydrogen-bond donors (Lipinski definition) is 2. The van der Waals surface area contributed by atoms with Crippen LogP contribution in [0.25, 0.3) is 0 Å². The fourth-order valence-electron chi connectivity index (χ4n) is 1.77. The molecule has 0 radical (unpaired) electrons. The van der Waals surface area contributed by atoms with E-state index in [9.17, 15) is 9.59 Å². The Bertz CT molecular complexity index is 442. The minimum atomic E-state index is -0.819. The molecule has 0 aromatic heterocycles. The van der Waals surface area contributed by atoms with Crippen molar-refractivity contribution in [1.82, 2.24) is 5.32 Å². The molecule has 1 amide bonds. The molecule has 1 aromatic carbocycles. The van der Waals surface area contributed by atoms with Crippen molar-refractivity contribution in [3.63, 3.8) is 0 Å². The van der Waals surface area contributed by atoms with Gasteiger partial charge in [0.25, 0.3) is 0 Å². The van der Waals surface area contributed by atoms with Gasteiger partial charge in [-0.1, -0.05) is 19.1 Å². The first-order chi connectivity index (χ1) is 10.1. The number of nitrogens with one attached hydrogen (secondary N) is 1. The Hall–Kier alpha value is -2.04. The molecule has 0 bridgehead atoms. The molecule has 1 aromatic rings. The molecule has 0 fully saturated rings. The van der Waals surface area contributed by atoms with Crippen LogP contribution in [-0.4, -0.2) is 23.6 Å². The summed E-state index contributed by atoms with van der Waals surface area (Å²) < 4.78 is 5.49. The normalized spacial score (nSPS) is 10.1. The molecule has 5 nitrogen and oxygen atoms in total. The highest BCUT2D eigenvalue weighted by Crippen LogP contribution is 2.12. The maximum atomic E-state index is 11.6. The zero-order valence-corrected chi connectivity index (χ0v) is 12.4. The highest BCUT2D eigenvalue weighted by atomic mass is 16.5. The standard InChI is InChI=1S/C16H23NO4/c1-2-11-21-14-9-7-13(8-10-14)12-17-15(18)5-3-4-6-16(19)20/h7-10H,2-6,11-12H2,1H3,(H,17,18)(H,19,20). The predicted octanol–water partition coefficient (Wildman–Crippen LogP) is 2.74. The van der Waals surface area contributed by atoms with Crippen LogP contribution >= 0.6 is 0 Å². The lowest BCUT2D eigenvalue weighted by Gasteiger charge is -2.07. The Labute approximate surface area is 125 Å². The van der Waals surface area contributed by atoms with Gasteiger partial charge in [-0.05, 0) is 37.0 Å². The summed E-state index contributed by atoms with van der Waals surface area (Å²) in [7, 11) is 0. The smallest absolute Gasteiger partial charge is 0.303 e. The van der Waals surface area contributed by atoms with E-state index >= 15 is 0 Å². The minimum Gasteiger partial charge on any atom is -0.494 e. The van der Waals surface area contributed by atoms with E-state index in [1.54, 1.807) is 0 Å². The average molecular weight is 293 g/mol. The van der Waals surface area contributed by atoms with E-state index in [0.29, 0.717) is 32.4 Å². The molecule has 0 aliphatic carbocycles. The first-order valence-electron chi connectivity index (χ1n) is 7.32. The Morgan fingerprint density at radius 1 is 1.14 bits per heavy atom. The molecule has 0 aliphatic rings. The van der Waals surface area contributed by atoms with Gasteiger partial charge in [-0.2, -0.15) is 0 Å². The molecule has 21 heavy (non-hydrogen) atoms. The number of benzene rings is 1. The monoisotopic (exact) mass is 293 g/mol. The molecule has 5 heteroatoms. The van der Waals surface area contributed by atoms with E-state index in [1.165, 1.54) is 0 Å². The summed E-state index contributed by atoms with van der Waals surface area (Å²) in [5.41, 5.74) is 1.01. The molecule has 0 unspecified atom stereocenters. The van der Waals surface area contributed by atoms with E-state index in [2.05, 4.69) is 12.2 Å². The molecule has 0 spiro atoms. The number of rotatable bonds is 10. The maximum Gasteiger partial charge on any atom is 0.303 e. The number of unbranched alkanes of at least 4 members (excludes halogenated alkanes) is 1. The minimum absolute atomic E-state index is 0.0494. The summed E-state index contributed by atoms with van der Waals surface area (Å²) in [4.78, 5) is 21.9. The quantitative estimate of drug-likeness (QED) is 0.650. The number of aliphatic carboxylic acids is 1. The molecule has 2 N–H and O–H groups in total. The molecule has 0 atom stereocenters. The van der Waals surface area contributed by atoms with Crippen LogP contribution in [0.3, 0.4) is 0 Å². The number of hydrogen-bond acceptors (Lipinski definition) is 3. The van der Waals surface area contributed by atoms with Gasteiger partial charge in [0.2, 0.25) is 5.91 Å². The van der Waals surface area contributed by atoms with Gasteiger partial charge in [0, 0.05) is 19.4 Å². The second-order valence-electron chi connectivity index (χ2n) is 4.87.